The summed E-state index contributed by atoms with van der Waals surface area (Å²) in [7, 11) is 3.89. The number of hydrogen-bond donors (Lipinski definition) is 0. The second-order valence-corrected chi connectivity index (χ2v) is 10.6. The average molecular weight is 294 g/mol. The first kappa shape index (κ1) is 11.2. The molecule has 76 valence electrons. The van der Waals surface area contributed by atoms with Gasteiger partial charge in [0.05, 0.1) is 0 Å². The number of hydrogen-bond acceptors (Lipinski definition) is 2. The van der Waals surface area contributed by atoms with Crippen LogP contribution in [0.4, 0.5) is 0 Å². The van der Waals surface area contributed by atoms with Gasteiger partial charge in [-0.25, -0.2) is 0 Å². The Labute approximate surface area is 104 Å². The van der Waals surface area contributed by atoms with Gasteiger partial charge in [0.2, 0.25) is 0 Å². The molecule has 0 saturated heterocycles. The van der Waals surface area contributed by atoms with Crippen LogP contribution in [-0.4, -0.2) is 14.6 Å². The van der Waals surface area contributed by atoms with Gasteiger partial charge < -0.3 is 0 Å². The third-order valence-electron chi connectivity index (χ3n) is 1.81. The van der Waals surface area contributed by atoms with E-state index in [0.29, 0.717) is 0 Å². The molecule has 2 aromatic rings. The Morgan fingerprint density at radius 2 is 1.33 bits per heavy atom. The van der Waals surface area contributed by atoms with Crippen molar-refractivity contribution >= 4 is 38.8 Å². The minimum absolute atomic E-state index is 0.0524. The second-order valence-electron chi connectivity index (χ2n) is 2.95. The van der Waals surface area contributed by atoms with Crippen molar-refractivity contribution in [2.45, 2.75) is 4.90 Å². The van der Waals surface area contributed by atoms with E-state index < -0.39 is 0 Å². The fourth-order valence-corrected chi connectivity index (χ4v) is 8.45. The van der Waals surface area contributed by atoms with Gasteiger partial charge in [-0.3, -0.25) is 0 Å². The molecule has 0 N–H and O–H groups in total. The van der Waals surface area contributed by atoms with E-state index in [1.54, 1.807) is 0 Å². The summed E-state index contributed by atoms with van der Waals surface area (Å²) in [6.45, 7) is 0. The van der Waals surface area contributed by atoms with Crippen molar-refractivity contribution in [3.8, 4) is 0 Å². The summed E-state index contributed by atoms with van der Waals surface area (Å²) in [6, 6.07) is 21.3. The Balaban J connectivity index is 1.81. The number of rotatable bonds is 4. The van der Waals surface area contributed by atoms with E-state index in [2.05, 4.69) is 60.7 Å². The van der Waals surface area contributed by atoms with Crippen LogP contribution < -0.4 is 4.35 Å². The summed E-state index contributed by atoms with van der Waals surface area (Å²) in [5, 5.41) is 0. The van der Waals surface area contributed by atoms with Crippen molar-refractivity contribution in [1.82, 2.24) is 0 Å². The van der Waals surface area contributed by atoms with Gasteiger partial charge >= 0.3 is 104 Å². The molecule has 0 aliphatic rings. The average Bonchev–Trinajstić information content (AvgIpc) is 2.32. The van der Waals surface area contributed by atoms with E-state index in [-0.39, 0.29) is 14.6 Å². The fraction of sp³-hybridized carbons (Fsp3) is 0. The molecule has 0 aromatic heterocycles. The van der Waals surface area contributed by atoms with Gasteiger partial charge in [-0.1, -0.05) is 0 Å². The summed E-state index contributed by atoms with van der Waals surface area (Å²) >= 11 is -0.0524. The maximum absolute atomic E-state index is 2.22. The summed E-state index contributed by atoms with van der Waals surface area (Å²) in [6.07, 6.45) is 0. The Hall–Kier alpha value is -0.302. The molecule has 0 heterocycles. The van der Waals surface area contributed by atoms with Gasteiger partial charge in [0, 0.05) is 0 Å². The van der Waals surface area contributed by atoms with Crippen molar-refractivity contribution < 1.29 is 0 Å². The van der Waals surface area contributed by atoms with Crippen LogP contribution in [0.15, 0.2) is 65.6 Å². The normalized spacial score (nSPS) is 10.9. The van der Waals surface area contributed by atoms with Crippen LogP contribution in [0, 0.1) is 0 Å². The quantitative estimate of drug-likeness (QED) is 0.628. The third-order valence-corrected chi connectivity index (χ3v) is 9.09. The van der Waals surface area contributed by atoms with Crippen molar-refractivity contribution in [1.29, 1.82) is 0 Å². The zero-order valence-corrected chi connectivity index (χ0v) is 11.8. The Kier molecular flexibility index (Phi) is 4.71. The van der Waals surface area contributed by atoms with Crippen LogP contribution >= 0.6 is 19.9 Å². The van der Waals surface area contributed by atoms with Gasteiger partial charge in [0.25, 0.3) is 0 Å². The van der Waals surface area contributed by atoms with Crippen molar-refractivity contribution in [2.75, 3.05) is 0 Å². The van der Waals surface area contributed by atoms with Gasteiger partial charge in [-0.05, 0) is 0 Å². The first-order chi connectivity index (χ1) is 7.45. The molecule has 3 heteroatoms. The molecule has 0 aliphatic heterocycles. The summed E-state index contributed by atoms with van der Waals surface area (Å²) in [5.74, 6) is 0. The van der Waals surface area contributed by atoms with Crippen LogP contribution in [0.25, 0.3) is 0 Å². The minimum atomic E-state index is -0.0524. The molecule has 0 radical (unpaired) electrons. The number of benzene rings is 2. The molecule has 0 amide bonds. The van der Waals surface area contributed by atoms with Gasteiger partial charge in [-0.15, -0.1) is 0 Å². The van der Waals surface area contributed by atoms with Crippen LogP contribution in [0.1, 0.15) is 0 Å². The molecule has 2 aromatic carbocycles. The summed E-state index contributed by atoms with van der Waals surface area (Å²) in [4.78, 5) is 1.35. The van der Waals surface area contributed by atoms with Crippen LogP contribution in [0.3, 0.4) is 0 Å². The molecule has 2 rings (SSSR count). The van der Waals surface area contributed by atoms with Crippen molar-refractivity contribution in [3.63, 3.8) is 0 Å². The van der Waals surface area contributed by atoms with E-state index in [1.807, 2.05) is 19.9 Å². The van der Waals surface area contributed by atoms with Gasteiger partial charge in [-0.2, -0.15) is 0 Å². The topological polar surface area (TPSA) is 0 Å². The molecule has 15 heavy (non-hydrogen) atoms. The molecular weight excluding hydrogens is 283 g/mol. The van der Waals surface area contributed by atoms with Crippen LogP contribution in [-0.2, 0) is 0 Å². The standard InChI is InChI=1S/C12H11AsS2/c1-3-7-11(8-4-1)13-15-14-12-9-5-2-6-10-12/h1-10,13H. The molecule has 0 nitrogen and oxygen atoms in total. The fourth-order valence-electron chi connectivity index (χ4n) is 1.10. The molecular formula is C12H11AsS2. The Morgan fingerprint density at radius 3 is 2.00 bits per heavy atom. The molecule has 0 fully saturated rings. The molecule has 0 bridgehead atoms. The SMILES string of the molecule is c1ccc(SS[AsH]c2ccccc2)cc1. The predicted molar refractivity (Wildman–Crippen MR) is 73.1 cm³/mol. The molecule has 0 saturated carbocycles. The van der Waals surface area contributed by atoms with Crippen LogP contribution in [0.2, 0.25) is 0 Å². The maximum atomic E-state index is 2.22. The van der Waals surface area contributed by atoms with Crippen LogP contribution in [0.5, 0.6) is 0 Å². The monoisotopic (exact) mass is 294 g/mol. The van der Waals surface area contributed by atoms with Crippen molar-refractivity contribution in [2.24, 2.45) is 0 Å². The van der Waals surface area contributed by atoms with Gasteiger partial charge in [0.1, 0.15) is 0 Å². The molecule has 1 unspecified atom stereocenters. The molecule has 0 spiro atoms. The third kappa shape index (κ3) is 3.98. The van der Waals surface area contributed by atoms with Gasteiger partial charge in [0.15, 0.2) is 0 Å². The Morgan fingerprint density at radius 1 is 0.733 bits per heavy atom. The zero-order chi connectivity index (χ0) is 10.3. The van der Waals surface area contributed by atoms with E-state index in [4.69, 9.17) is 0 Å². The first-order valence-corrected chi connectivity index (χ1v) is 10.4. The first-order valence-electron chi connectivity index (χ1n) is 4.65. The summed E-state index contributed by atoms with van der Waals surface area (Å²) in [5.41, 5.74) is 0. The van der Waals surface area contributed by atoms with Crippen molar-refractivity contribution in [3.05, 3.63) is 60.7 Å². The van der Waals surface area contributed by atoms with E-state index >= 15 is 0 Å². The summed E-state index contributed by atoms with van der Waals surface area (Å²) < 4.78 is 1.51. The predicted octanol–water partition coefficient (Wildman–Crippen LogP) is 3.10. The zero-order valence-electron chi connectivity index (χ0n) is 8.09. The molecule has 1 atom stereocenters. The van der Waals surface area contributed by atoms with E-state index in [0.717, 1.165) is 0 Å². The van der Waals surface area contributed by atoms with E-state index in [1.165, 1.54) is 9.25 Å². The second kappa shape index (κ2) is 6.32. The Bertz CT molecular complexity index is 349. The van der Waals surface area contributed by atoms with E-state index in [9.17, 15) is 0 Å². The molecule has 0 aliphatic carbocycles.